The molecule has 4 rings (SSSR count). The number of carbonyl (C=O) groups is 2. The Morgan fingerprint density at radius 3 is 2.57 bits per heavy atom. The Morgan fingerprint density at radius 2 is 1.89 bits per heavy atom. The molecule has 1 aliphatic rings. The highest BCUT2D eigenvalue weighted by atomic mass is 19.4. The van der Waals surface area contributed by atoms with E-state index in [1.165, 1.54) is 24.4 Å². The van der Waals surface area contributed by atoms with Gasteiger partial charge in [0.2, 0.25) is 5.91 Å². The van der Waals surface area contributed by atoms with Crippen LogP contribution in [0.15, 0.2) is 48.9 Å². The van der Waals surface area contributed by atoms with Gasteiger partial charge < -0.3 is 21.3 Å². The second-order valence-corrected chi connectivity index (χ2v) is 7.87. The number of nitrogens with zero attached hydrogens (tertiary/aromatic N) is 4. The number of carbonyl (C=O) groups excluding carboxylic acids is 2. The summed E-state index contributed by atoms with van der Waals surface area (Å²) < 4.78 is 39.7. The number of aromatic nitrogens is 3. The molecule has 0 unspecified atom stereocenters. The molecule has 0 saturated carbocycles. The third-order valence-electron chi connectivity index (χ3n) is 5.44. The maximum Gasteiger partial charge on any atom is 0.433 e. The van der Waals surface area contributed by atoms with Gasteiger partial charge in [-0.3, -0.25) is 14.6 Å². The smallest absolute Gasteiger partial charge is 0.380 e. The number of primary amides is 1. The summed E-state index contributed by atoms with van der Waals surface area (Å²) >= 11 is 0. The first-order valence-corrected chi connectivity index (χ1v) is 10.8. The molecule has 182 valence electrons. The lowest BCUT2D eigenvalue weighted by atomic mass is 10.1. The summed E-state index contributed by atoms with van der Waals surface area (Å²) in [6.07, 6.45) is 1.56. The number of anilines is 4. The van der Waals surface area contributed by atoms with Gasteiger partial charge in [0, 0.05) is 43.5 Å². The van der Waals surface area contributed by atoms with Gasteiger partial charge in [-0.1, -0.05) is 6.07 Å². The van der Waals surface area contributed by atoms with Gasteiger partial charge in [-0.2, -0.15) is 13.2 Å². The van der Waals surface area contributed by atoms with Gasteiger partial charge in [0.1, 0.15) is 17.3 Å². The fourth-order valence-electron chi connectivity index (χ4n) is 3.72. The Morgan fingerprint density at radius 1 is 1.09 bits per heavy atom. The Balaban J connectivity index is 1.52. The normalized spacial score (nSPS) is 14.0. The van der Waals surface area contributed by atoms with E-state index in [9.17, 15) is 22.8 Å². The number of rotatable bonds is 7. The number of hydrogen-bond acceptors (Lipinski definition) is 7. The van der Waals surface area contributed by atoms with E-state index in [0.29, 0.717) is 24.5 Å². The summed E-state index contributed by atoms with van der Waals surface area (Å²) in [5, 5.41) is 5.80. The van der Waals surface area contributed by atoms with E-state index in [-0.39, 0.29) is 35.1 Å². The predicted octanol–water partition coefficient (Wildman–Crippen LogP) is 3.86. The quantitative estimate of drug-likeness (QED) is 0.464. The number of halogens is 3. The third-order valence-corrected chi connectivity index (χ3v) is 5.44. The van der Waals surface area contributed by atoms with Crippen LogP contribution in [0.2, 0.25) is 0 Å². The van der Waals surface area contributed by atoms with Crippen LogP contribution in [-0.2, 0) is 17.5 Å². The Kier molecular flexibility index (Phi) is 6.80. The Labute approximate surface area is 198 Å². The molecule has 4 N–H and O–H groups in total. The van der Waals surface area contributed by atoms with Crippen LogP contribution < -0.4 is 21.3 Å². The highest BCUT2D eigenvalue weighted by Gasteiger charge is 2.34. The molecule has 0 aromatic carbocycles. The molecule has 0 radical (unpaired) electrons. The highest BCUT2D eigenvalue weighted by Crippen LogP contribution is 2.31. The molecule has 0 atom stereocenters. The second-order valence-electron chi connectivity index (χ2n) is 7.87. The van der Waals surface area contributed by atoms with Crippen molar-refractivity contribution in [3.05, 3.63) is 65.7 Å². The van der Waals surface area contributed by atoms with Crippen molar-refractivity contribution in [3.63, 3.8) is 0 Å². The molecular formula is C23H22F3N7O2. The van der Waals surface area contributed by atoms with Crippen LogP contribution in [0.5, 0.6) is 0 Å². The second kappa shape index (κ2) is 9.95. The maximum atomic E-state index is 13.2. The molecule has 1 saturated heterocycles. The largest absolute Gasteiger partial charge is 0.433 e. The minimum atomic E-state index is -4.62. The molecule has 1 fully saturated rings. The number of amides is 2. The Bertz CT molecular complexity index is 1230. The zero-order chi connectivity index (χ0) is 25.0. The lowest BCUT2D eigenvalue weighted by Gasteiger charge is -2.26. The minimum Gasteiger partial charge on any atom is -0.380 e. The van der Waals surface area contributed by atoms with Gasteiger partial charge in [-0.25, -0.2) is 9.97 Å². The number of nitrogens with one attached hydrogen (secondary N) is 2. The van der Waals surface area contributed by atoms with Gasteiger partial charge in [0.05, 0.1) is 23.1 Å². The summed E-state index contributed by atoms with van der Waals surface area (Å²) in [5.74, 6) is -0.0212. The van der Waals surface area contributed by atoms with Crippen LogP contribution in [0, 0.1) is 0 Å². The Hall–Kier alpha value is -4.22. The fraction of sp³-hybridized carbons (Fsp3) is 0.261. The van der Waals surface area contributed by atoms with Crippen molar-refractivity contribution in [3.8, 4) is 0 Å². The first kappa shape index (κ1) is 23.9. The van der Waals surface area contributed by atoms with Crippen molar-refractivity contribution < 1.29 is 22.8 Å². The van der Waals surface area contributed by atoms with E-state index in [2.05, 4.69) is 25.6 Å². The number of piperidine rings is 1. The van der Waals surface area contributed by atoms with Crippen LogP contribution in [0.1, 0.15) is 40.9 Å². The zero-order valence-electron chi connectivity index (χ0n) is 18.5. The van der Waals surface area contributed by atoms with Gasteiger partial charge >= 0.3 is 6.18 Å². The average molecular weight is 485 g/mol. The van der Waals surface area contributed by atoms with Gasteiger partial charge in [0.15, 0.2) is 0 Å². The van der Waals surface area contributed by atoms with E-state index in [4.69, 9.17) is 5.73 Å². The summed E-state index contributed by atoms with van der Waals surface area (Å²) in [4.78, 5) is 37.5. The standard InChI is InChI=1S/C23H22F3N7O2/c24-23(25,26)21-14(4-3-8-28-21)11-29-17-10-19(31-13-16(17)22(27)35)32-18-7-6-15(12-30-18)33-9-2-1-5-20(33)34/h3-4,6-8,10,12-13H,1-2,5,9,11H2,(H2,27,35)(H2,29,30,31,32). The summed E-state index contributed by atoms with van der Waals surface area (Å²) in [5.41, 5.74) is 5.20. The fourth-order valence-corrected chi connectivity index (χ4v) is 3.72. The lowest BCUT2D eigenvalue weighted by Crippen LogP contribution is -2.35. The number of hydrogen-bond donors (Lipinski definition) is 3. The van der Waals surface area contributed by atoms with E-state index in [1.807, 2.05) is 0 Å². The lowest BCUT2D eigenvalue weighted by molar-refractivity contribution is -0.141. The van der Waals surface area contributed by atoms with Crippen LogP contribution in [0.4, 0.5) is 36.2 Å². The maximum absolute atomic E-state index is 13.2. The van der Waals surface area contributed by atoms with Crippen molar-refractivity contribution in [1.82, 2.24) is 15.0 Å². The van der Waals surface area contributed by atoms with E-state index < -0.39 is 17.8 Å². The molecular weight excluding hydrogens is 463 g/mol. The van der Waals surface area contributed by atoms with Gasteiger partial charge in [0.25, 0.3) is 5.91 Å². The topological polar surface area (TPSA) is 126 Å². The SMILES string of the molecule is NC(=O)c1cnc(Nc2ccc(N3CCCCC3=O)cn2)cc1NCc1cccnc1C(F)(F)F. The van der Waals surface area contributed by atoms with Crippen LogP contribution >= 0.6 is 0 Å². The number of nitrogens with two attached hydrogens (primary N) is 1. The van der Waals surface area contributed by atoms with Crippen molar-refractivity contribution in [2.24, 2.45) is 5.73 Å². The van der Waals surface area contributed by atoms with E-state index in [0.717, 1.165) is 19.0 Å². The van der Waals surface area contributed by atoms with Crippen molar-refractivity contribution >= 4 is 34.8 Å². The van der Waals surface area contributed by atoms with Crippen molar-refractivity contribution in [2.45, 2.75) is 32.0 Å². The molecule has 35 heavy (non-hydrogen) atoms. The third kappa shape index (κ3) is 5.65. The monoisotopic (exact) mass is 485 g/mol. The van der Waals surface area contributed by atoms with E-state index in [1.54, 1.807) is 23.2 Å². The molecule has 4 heterocycles. The first-order valence-electron chi connectivity index (χ1n) is 10.8. The first-order chi connectivity index (χ1) is 16.7. The molecule has 3 aromatic heterocycles. The summed E-state index contributed by atoms with van der Waals surface area (Å²) in [7, 11) is 0. The molecule has 3 aromatic rings. The molecule has 2 amide bonds. The summed E-state index contributed by atoms with van der Waals surface area (Å²) in [6, 6.07) is 7.59. The molecule has 12 heteroatoms. The van der Waals surface area contributed by atoms with Crippen LogP contribution in [-0.4, -0.2) is 33.3 Å². The molecule has 0 bridgehead atoms. The zero-order valence-corrected chi connectivity index (χ0v) is 18.5. The molecule has 1 aliphatic heterocycles. The van der Waals surface area contributed by atoms with Crippen LogP contribution in [0.25, 0.3) is 0 Å². The van der Waals surface area contributed by atoms with E-state index >= 15 is 0 Å². The van der Waals surface area contributed by atoms with Crippen molar-refractivity contribution in [2.75, 3.05) is 22.1 Å². The minimum absolute atomic E-state index is 0.0138. The molecule has 9 nitrogen and oxygen atoms in total. The number of pyridine rings is 3. The predicted molar refractivity (Wildman–Crippen MR) is 123 cm³/mol. The van der Waals surface area contributed by atoms with Gasteiger partial charge in [-0.05, 0) is 31.0 Å². The number of alkyl halides is 3. The van der Waals surface area contributed by atoms with Crippen molar-refractivity contribution in [1.29, 1.82) is 0 Å². The molecule has 0 spiro atoms. The molecule has 0 aliphatic carbocycles. The highest BCUT2D eigenvalue weighted by molar-refractivity contribution is 5.98. The summed E-state index contributed by atoms with van der Waals surface area (Å²) in [6.45, 7) is 0.397. The van der Waals surface area contributed by atoms with Crippen LogP contribution in [0.3, 0.4) is 0 Å². The average Bonchev–Trinajstić information content (AvgIpc) is 2.83. The van der Waals surface area contributed by atoms with Gasteiger partial charge in [-0.15, -0.1) is 0 Å².